The Morgan fingerprint density at radius 2 is 1.80 bits per heavy atom. The van der Waals surface area contributed by atoms with Crippen molar-refractivity contribution < 1.29 is 9.84 Å². The van der Waals surface area contributed by atoms with Crippen LogP contribution in [0.15, 0.2) is 63.6 Å². The highest BCUT2D eigenvalue weighted by molar-refractivity contribution is 9.11. The topological polar surface area (TPSA) is 29.5 Å². The van der Waals surface area contributed by atoms with Crippen LogP contribution < -0.4 is 4.74 Å². The van der Waals surface area contributed by atoms with Gasteiger partial charge in [-0.15, -0.1) is 0 Å². The molecule has 0 bridgehead atoms. The molecule has 2 rings (SSSR count). The maximum Gasteiger partial charge on any atom is 0.133 e. The molecule has 0 heterocycles. The van der Waals surface area contributed by atoms with Gasteiger partial charge in [0.1, 0.15) is 18.1 Å². The summed E-state index contributed by atoms with van der Waals surface area (Å²) >= 11 is 6.81. The van der Waals surface area contributed by atoms with Crippen LogP contribution in [0, 0.1) is 0 Å². The Balaban J connectivity index is 1.86. The molecule has 0 saturated heterocycles. The fourth-order valence-corrected chi connectivity index (χ4v) is 2.53. The molecule has 4 heteroatoms. The average Bonchev–Trinajstić information content (AvgIpc) is 2.45. The summed E-state index contributed by atoms with van der Waals surface area (Å²) in [5.41, 5.74) is 1.04. The zero-order chi connectivity index (χ0) is 14.4. The van der Waals surface area contributed by atoms with Crippen molar-refractivity contribution in [1.29, 1.82) is 0 Å². The molecule has 0 aliphatic heterocycles. The SMILES string of the molecule is Oc1cccc(C/C=C/COc2ccccc2Br)c1Br. The molecule has 20 heavy (non-hydrogen) atoms. The van der Waals surface area contributed by atoms with Crippen molar-refractivity contribution in [2.45, 2.75) is 6.42 Å². The monoisotopic (exact) mass is 396 g/mol. The molecule has 2 aromatic rings. The molecule has 1 N–H and O–H groups in total. The minimum atomic E-state index is 0.264. The number of rotatable bonds is 5. The van der Waals surface area contributed by atoms with E-state index in [1.807, 2.05) is 48.6 Å². The summed E-state index contributed by atoms with van der Waals surface area (Å²) in [4.78, 5) is 0. The van der Waals surface area contributed by atoms with Gasteiger partial charge in [-0.1, -0.05) is 36.4 Å². The van der Waals surface area contributed by atoms with E-state index in [0.29, 0.717) is 6.61 Å². The molecular weight excluding hydrogens is 384 g/mol. The maximum absolute atomic E-state index is 9.58. The Morgan fingerprint density at radius 3 is 2.60 bits per heavy atom. The van der Waals surface area contributed by atoms with Gasteiger partial charge in [0.2, 0.25) is 0 Å². The lowest BCUT2D eigenvalue weighted by Gasteiger charge is -2.05. The third-order valence-electron chi connectivity index (χ3n) is 2.73. The summed E-state index contributed by atoms with van der Waals surface area (Å²) < 4.78 is 7.33. The van der Waals surface area contributed by atoms with E-state index in [0.717, 1.165) is 26.7 Å². The van der Waals surface area contributed by atoms with Crippen molar-refractivity contribution in [2.24, 2.45) is 0 Å². The third-order valence-corrected chi connectivity index (χ3v) is 4.31. The van der Waals surface area contributed by atoms with Crippen molar-refractivity contribution in [3.05, 3.63) is 69.1 Å². The van der Waals surface area contributed by atoms with Crippen LogP contribution in [0.4, 0.5) is 0 Å². The smallest absolute Gasteiger partial charge is 0.133 e. The molecule has 0 spiro atoms. The molecular formula is C16H14Br2O2. The Hall–Kier alpha value is -1.26. The molecule has 0 aliphatic rings. The van der Waals surface area contributed by atoms with Gasteiger partial charge in [0.15, 0.2) is 0 Å². The molecule has 0 atom stereocenters. The van der Waals surface area contributed by atoms with Crippen LogP contribution >= 0.6 is 31.9 Å². The van der Waals surface area contributed by atoms with Gasteiger partial charge < -0.3 is 9.84 Å². The Labute approximate surface area is 135 Å². The number of phenols is 1. The highest BCUT2D eigenvalue weighted by Gasteiger charge is 2.02. The minimum Gasteiger partial charge on any atom is -0.507 e. The predicted molar refractivity (Wildman–Crippen MR) is 88.3 cm³/mol. The lowest BCUT2D eigenvalue weighted by Crippen LogP contribution is -1.94. The lowest BCUT2D eigenvalue weighted by atomic mass is 10.1. The van der Waals surface area contributed by atoms with Crippen molar-refractivity contribution in [3.63, 3.8) is 0 Å². The molecule has 2 nitrogen and oxygen atoms in total. The number of ether oxygens (including phenoxy) is 1. The first-order valence-corrected chi connectivity index (χ1v) is 7.76. The second kappa shape index (κ2) is 7.50. The van der Waals surface area contributed by atoms with E-state index in [1.54, 1.807) is 6.07 Å². The van der Waals surface area contributed by atoms with Crippen molar-refractivity contribution >= 4 is 31.9 Å². The summed E-state index contributed by atoms with van der Waals surface area (Å²) in [6.07, 6.45) is 4.74. The number of hydrogen-bond donors (Lipinski definition) is 1. The first-order chi connectivity index (χ1) is 9.68. The molecule has 2 aromatic carbocycles. The van der Waals surface area contributed by atoms with Crippen LogP contribution in [0.2, 0.25) is 0 Å². The fourth-order valence-electron chi connectivity index (χ4n) is 1.70. The zero-order valence-corrected chi connectivity index (χ0v) is 13.9. The van der Waals surface area contributed by atoms with Gasteiger partial charge in [0.05, 0.1) is 8.95 Å². The average molecular weight is 398 g/mol. The summed E-state index contributed by atoms with van der Waals surface area (Å²) in [6, 6.07) is 13.2. The predicted octanol–water partition coefficient (Wildman–Crippen LogP) is 5.09. The number of hydrogen-bond acceptors (Lipinski definition) is 2. The number of allylic oxidation sites excluding steroid dienone is 1. The van der Waals surface area contributed by atoms with Gasteiger partial charge in [-0.2, -0.15) is 0 Å². The summed E-state index contributed by atoms with van der Waals surface area (Å²) in [5, 5.41) is 9.58. The fraction of sp³-hybridized carbons (Fsp3) is 0.125. The van der Waals surface area contributed by atoms with Crippen LogP contribution in [0.3, 0.4) is 0 Å². The molecule has 0 unspecified atom stereocenters. The van der Waals surface area contributed by atoms with Gasteiger partial charge in [-0.25, -0.2) is 0 Å². The van der Waals surface area contributed by atoms with Gasteiger partial charge in [-0.05, 0) is 62.0 Å². The van der Waals surface area contributed by atoms with E-state index in [4.69, 9.17) is 4.74 Å². The Bertz CT molecular complexity index is 609. The molecule has 0 aliphatic carbocycles. The van der Waals surface area contributed by atoms with Crippen molar-refractivity contribution in [1.82, 2.24) is 0 Å². The van der Waals surface area contributed by atoms with Gasteiger partial charge >= 0.3 is 0 Å². The van der Waals surface area contributed by atoms with E-state index in [-0.39, 0.29) is 5.75 Å². The Kier molecular flexibility index (Phi) is 5.68. The quantitative estimate of drug-likeness (QED) is 0.711. The summed E-state index contributed by atoms with van der Waals surface area (Å²) in [6.45, 7) is 0.513. The van der Waals surface area contributed by atoms with E-state index in [9.17, 15) is 5.11 Å². The van der Waals surface area contributed by atoms with Crippen LogP contribution in [-0.4, -0.2) is 11.7 Å². The van der Waals surface area contributed by atoms with Crippen molar-refractivity contribution in [3.8, 4) is 11.5 Å². The summed E-state index contributed by atoms with van der Waals surface area (Å²) in [5.74, 6) is 1.09. The number of para-hydroxylation sites is 1. The second-order valence-electron chi connectivity index (χ2n) is 4.17. The zero-order valence-electron chi connectivity index (χ0n) is 10.7. The highest BCUT2D eigenvalue weighted by Crippen LogP contribution is 2.27. The molecule has 0 saturated carbocycles. The maximum atomic E-state index is 9.58. The van der Waals surface area contributed by atoms with Crippen LogP contribution in [0.25, 0.3) is 0 Å². The molecule has 0 fully saturated rings. The largest absolute Gasteiger partial charge is 0.507 e. The third kappa shape index (κ3) is 4.12. The van der Waals surface area contributed by atoms with Crippen molar-refractivity contribution in [2.75, 3.05) is 6.61 Å². The first kappa shape index (κ1) is 15.1. The first-order valence-electron chi connectivity index (χ1n) is 6.17. The van der Waals surface area contributed by atoms with E-state index in [2.05, 4.69) is 31.9 Å². The number of aromatic hydroxyl groups is 1. The van der Waals surface area contributed by atoms with Crippen LogP contribution in [0.1, 0.15) is 5.56 Å². The molecule has 0 radical (unpaired) electrons. The lowest BCUT2D eigenvalue weighted by molar-refractivity contribution is 0.360. The number of halogens is 2. The van der Waals surface area contributed by atoms with E-state index >= 15 is 0 Å². The van der Waals surface area contributed by atoms with E-state index < -0.39 is 0 Å². The Morgan fingerprint density at radius 1 is 1.00 bits per heavy atom. The van der Waals surface area contributed by atoms with Gasteiger partial charge in [0.25, 0.3) is 0 Å². The molecule has 0 amide bonds. The normalized spacial score (nSPS) is 10.9. The van der Waals surface area contributed by atoms with E-state index in [1.165, 1.54) is 0 Å². The number of phenolic OH excluding ortho intramolecular Hbond substituents is 1. The van der Waals surface area contributed by atoms with Gasteiger partial charge in [-0.3, -0.25) is 0 Å². The van der Waals surface area contributed by atoms with Crippen LogP contribution in [-0.2, 0) is 6.42 Å². The standard InChI is InChI=1S/C16H14Br2O2/c17-13-8-1-2-10-15(13)20-11-4-3-6-12-7-5-9-14(19)16(12)18/h1-5,7-10,19H,6,11H2/b4-3+. The second-order valence-corrected chi connectivity index (χ2v) is 5.81. The molecule has 104 valence electrons. The van der Waals surface area contributed by atoms with Gasteiger partial charge in [0, 0.05) is 0 Å². The van der Waals surface area contributed by atoms with Crippen LogP contribution in [0.5, 0.6) is 11.5 Å². The summed E-state index contributed by atoms with van der Waals surface area (Å²) in [7, 11) is 0. The molecule has 0 aromatic heterocycles. The highest BCUT2D eigenvalue weighted by atomic mass is 79.9. The number of benzene rings is 2. The minimum absolute atomic E-state index is 0.264.